The zero-order valence-corrected chi connectivity index (χ0v) is 12.0. The van der Waals surface area contributed by atoms with Crippen LogP contribution in [0.15, 0.2) is 27.8 Å². The number of hydrogen-bond acceptors (Lipinski definition) is 5. The average Bonchev–Trinajstić information content (AvgIpc) is 2.45. The van der Waals surface area contributed by atoms with E-state index in [-0.39, 0.29) is 0 Å². The van der Waals surface area contributed by atoms with Crippen molar-refractivity contribution in [1.82, 2.24) is 0 Å². The number of ether oxygens (including phenoxy) is 1. The molecule has 7 nitrogen and oxygen atoms in total. The molecule has 1 fully saturated rings. The maximum atomic E-state index is 10.5. The van der Waals surface area contributed by atoms with Crippen LogP contribution in [0.4, 0.5) is 11.4 Å². The van der Waals surface area contributed by atoms with Gasteiger partial charge in [0, 0.05) is 19.2 Å². The SMILES string of the molecule is COc1cc(N=NS(=O)(=O)O)ccc1N1CCCCC1. The van der Waals surface area contributed by atoms with Gasteiger partial charge in [-0.05, 0) is 35.9 Å². The van der Waals surface area contributed by atoms with Gasteiger partial charge in [0.05, 0.1) is 18.5 Å². The Labute approximate surface area is 118 Å². The largest absolute Gasteiger partial charge is 0.495 e. The fraction of sp³-hybridized carbons (Fsp3) is 0.500. The molecule has 0 unspecified atom stereocenters. The van der Waals surface area contributed by atoms with Crippen molar-refractivity contribution < 1.29 is 17.7 Å². The molecule has 8 heteroatoms. The minimum Gasteiger partial charge on any atom is -0.495 e. The lowest BCUT2D eigenvalue weighted by molar-refractivity contribution is 0.412. The lowest BCUT2D eigenvalue weighted by Gasteiger charge is -2.30. The van der Waals surface area contributed by atoms with Crippen LogP contribution >= 0.6 is 0 Å². The van der Waals surface area contributed by atoms with Gasteiger partial charge < -0.3 is 9.64 Å². The summed E-state index contributed by atoms with van der Waals surface area (Å²) < 4.78 is 37.7. The monoisotopic (exact) mass is 299 g/mol. The van der Waals surface area contributed by atoms with Gasteiger partial charge in [-0.15, -0.1) is 5.11 Å². The molecule has 0 aromatic heterocycles. The molecule has 1 saturated heterocycles. The van der Waals surface area contributed by atoms with Crippen molar-refractivity contribution in [2.24, 2.45) is 9.63 Å². The van der Waals surface area contributed by atoms with Gasteiger partial charge in [0.25, 0.3) is 0 Å². The normalized spacial score (nSPS) is 16.6. The standard InChI is InChI=1S/C12H17N3O4S/c1-19-12-9-10(13-14-20(16,17)18)5-6-11(12)15-7-3-2-4-8-15/h5-6,9H,2-4,7-8H2,1H3,(H,16,17,18). The van der Waals surface area contributed by atoms with E-state index in [1.807, 2.05) is 6.07 Å². The van der Waals surface area contributed by atoms with Crippen LogP contribution in [0, 0.1) is 0 Å². The third kappa shape index (κ3) is 3.91. The number of piperidine rings is 1. The number of benzene rings is 1. The van der Waals surface area contributed by atoms with Crippen LogP contribution in [0.2, 0.25) is 0 Å². The Morgan fingerprint density at radius 1 is 1.25 bits per heavy atom. The third-order valence-electron chi connectivity index (χ3n) is 3.12. The summed E-state index contributed by atoms with van der Waals surface area (Å²) >= 11 is 0. The van der Waals surface area contributed by atoms with E-state index in [9.17, 15) is 8.42 Å². The summed E-state index contributed by atoms with van der Waals surface area (Å²) in [5.74, 6) is 0.610. The second kappa shape index (κ2) is 6.19. The fourth-order valence-electron chi connectivity index (χ4n) is 2.22. The lowest BCUT2D eigenvalue weighted by atomic mass is 10.1. The molecule has 0 radical (unpaired) electrons. The zero-order chi connectivity index (χ0) is 14.6. The highest BCUT2D eigenvalue weighted by Gasteiger charge is 2.15. The first kappa shape index (κ1) is 14.7. The third-order valence-corrected chi connectivity index (χ3v) is 3.41. The molecule has 1 aromatic carbocycles. The molecule has 1 aliphatic rings. The van der Waals surface area contributed by atoms with Crippen LogP contribution in [0.5, 0.6) is 5.75 Å². The number of anilines is 1. The maximum Gasteiger partial charge on any atom is 0.396 e. The summed E-state index contributed by atoms with van der Waals surface area (Å²) in [6, 6.07) is 5.06. The van der Waals surface area contributed by atoms with E-state index < -0.39 is 10.3 Å². The van der Waals surface area contributed by atoms with E-state index in [4.69, 9.17) is 9.29 Å². The Hall–Kier alpha value is -1.67. The van der Waals surface area contributed by atoms with E-state index in [0.29, 0.717) is 11.4 Å². The molecule has 0 amide bonds. The second-order valence-electron chi connectivity index (χ2n) is 4.53. The molecule has 110 valence electrons. The Balaban J connectivity index is 2.25. The van der Waals surface area contributed by atoms with Crippen molar-refractivity contribution in [2.45, 2.75) is 19.3 Å². The molecule has 0 saturated carbocycles. The topological polar surface area (TPSA) is 91.6 Å². The summed E-state index contributed by atoms with van der Waals surface area (Å²) in [6.07, 6.45) is 3.53. The van der Waals surface area contributed by atoms with Crippen LogP contribution in [0.1, 0.15) is 19.3 Å². The second-order valence-corrected chi connectivity index (χ2v) is 5.59. The number of nitrogens with zero attached hydrogens (tertiary/aromatic N) is 3. The highest BCUT2D eigenvalue weighted by molar-refractivity contribution is 7.84. The van der Waals surface area contributed by atoms with Gasteiger partial charge in [0.1, 0.15) is 5.75 Å². The zero-order valence-electron chi connectivity index (χ0n) is 11.2. The molecule has 1 aromatic rings. The van der Waals surface area contributed by atoms with Crippen LogP contribution in [0.3, 0.4) is 0 Å². The summed E-state index contributed by atoms with van der Waals surface area (Å²) in [5.41, 5.74) is 1.26. The Bertz CT molecular complexity index is 595. The van der Waals surface area contributed by atoms with Crippen LogP contribution in [0.25, 0.3) is 0 Å². The quantitative estimate of drug-likeness (QED) is 0.681. The van der Waals surface area contributed by atoms with E-state index >= 15 is 0 Å². The molecule has 20 heavy (non-hydrogen) atoms. The molecule has 2 rings (SSSR count). The smallest absolute Gasteiger partial charge is 0.396 e. The summed E-state index contributed by atoms with van der Waals surface area (Å²) in [4.78, 5) is 2.23. The average molecular weight is 299 g/mol. The van der Waals surface area contributed by atoms with Crippen molar-refractivity contribution >= 4 is 21.7 Å². The van der Waals surface area contributed by atoms with E-state index in [0.717, 1.165) is 31.6 Å². The van der Waals surface area contributed by atoms with Crippen molar-refractivity contribution in [3.63, 3.8) is 0 Å². The molecule has 0 atom stereocenters. The van der Waals surface area contributed by atoms with Gasteiger partial charge >= 0.3 is 10.3 Å². The van der Waals surface area contributed by atoms with Gasteiger partial charge in [-0.1, -0.05) is 0 Å². The van der Waals surface area contributed by atoms with Gasteiger partial charge in [-0.25, -0.2) is 0 Å². The minimum absolute atomic E-state index is 0.306. The van der Waals surface area contributed by atoms with Crippen molar-refractivity contribution in [1.29, 1.82) is 0 Å². The number of hydrogen-bond donors (Lipinski definition) is 1. The Kier molecular flexibility index (Phi) is 4.56. The molecule has 0 bridgehead atoms. The van der Waals surface area contributed by atoms with Crippen LogP contribution < -0.4 is 9.64 Å². The van der Waals surface area contributed by atoms with Gasteiger partial charge in [0.15, 0.2) is 0 Å². The van der Waals surface area contributed by atoms with Crippen LogP contribution in [-0.2, 0) is 10.3 Å². The highest BCUT2D eigenvalue weighted by Crippen LogP contribution is 2.34. The lowest BCUT2D eigenvalue weighted by Crippen LogP contribution is -2.29. The van der Waals surface area contributed by atoms with E-state index in [1.54, 1.807) is 19.2 Å². The summed E-state index contributed by atoms with van der Waals surface area (Å²) in [6.45, 7) is 1.95. The molecular formula is C12H17N3O4S. The van der Waals surface area contributed by atoms with Crippen molar-refractivity contribution in [3.05, 3.63) is 18.2 Å². The highest BCUT2D eigenvalue weighted by atomic mass is 32.2. The van der Waals surface area contributed by atoms with Crippen LogP contribution in [-0.4, -0.2) is 33.2 Å². The van der Waals surface area contributed by atoms with E-state index in [2.05, 4.69) is 14.5 Å². The molecular weight excluding hydrogens is 282 g/mol. The first-order valence-electron chi connectivity index (χ1n) is 6.33. The van der Waals surface area contributed by atoms with Crippen molar-refractivity contribution in [2.75, 3.05) is 25.1 Å². The Morgan fingerprint density at radius 3 is 2.55 bits per heavy atom. The maximum absolute atomic E-state index is 10.5. The molecule has 1 heterocycles. The molecule has 1 N–H and O–H groups in total. The minimum atomic E-state index is -4.47. The molecule has 0 spiro atoms. The first-order chi connectivity index (χ1) is 9.49. The first-order valence-corrected chi connectivity index (χ1v) is 7.73. The predicted octanol–water partition coefficient (Wildman–Crippen LogP) is 2.57. The van der Waals surface area contributed by atoms with Gasteiger partial charge in [-0.3, -0.25) is 4.55 Å². The van der Waals surface area contributed by atoms with E-state index in [1.165, 1.54) is 6.42 Å². The molecule has 1 aliphatic heterocycles. The van der Waals surface area contributed by atoms with Gasteiger partial charge in [0.2, 0.25) is 0 Å². The number of methoxy groups -OCH3 is 1. The summed E-state index contributed by atoms with van der Waals surface area (Å²) in [7, 11) is -2.92. The Morgan fingerprint density at radius 2 is 1.95 bits per heavy atom. The van der Waals surface area contributed by atoms with Gasteiger partial charge in [-0.2, -0.15) is 8.42 Å². The molecule has 0 aliphatic carbocycles. The number of rotatable bonds is 4. The van der Waals surface area contributed by atoms with Crippen molar-refractivity contribution in [3.8, 4) is 5.75 Å². The summed E-state index contributed by atoms with van der Waals surface area (Å²) in [5, 5.41) is 3.46. The fourth-order valence-corrected chi connectivity index (χ4v) is 2.42. The predicted molar refractivity (Wildman–Crippen MR) is 75.1 cm³/mol.